The minimum Gasteiger partial charge on any atom is -0.490 e. The molecule has 2 aliphatic rings. The van der Waals surface area contributed by atoms with E-state index in [1.807, 2.05) is 24.3 Å². The zero-order chi connectivity index (χ0) is 29.9. The molecule has 228 valence electrons. The van der Waals surface area contributed by atoms with Crippen molar-refractivity contribution >= 4 is 33.5 Å². The highest BCUT2D eigenvalue weighted by Crippen LogP contribution is 2.48. The van der Waals surface area contributed by atoms with E-state index in [0.29, 0.717) is 34.8 Å². The van der Waals surface area contributed by atoms with Crippen molar-refractivity contribution in [1.29, 1.82) is 0 Å². The zero-order valence-corrected chi connectivity index (χ0v) is 24.4. The molecule has 0 spiro atoms. The maximum atomic E-state index is 13.5. The predicted octanol–water partition coefficient (Wildman–Crippen LogP) is 6.01. The molecule has 0 aliphatic carbocycles. The highest BCUT2D eigenvalue weighted by molar-refractivity contribution is 6.12. The van der Waals surface area contributed by atoms with E-state index in [-0.39, 0.29) is 28.7 Å². The number of rotatable bonds is 10. The van der Waals surface area contributed by atoms with Crippen molar-refractivity contribution in [2.45, 2.75) is 64.2 Å². The van der Waals surface area contributed by atoms with E-state index in [9.17, 15) is 18.0 Å². The lowest BCUT2D eigenvalue weighted by Gasteiger charge is -2.35. The van der Waals surface area contributed by atoms with Crippen molar-refractivity contribution < 1.29 is 32.2 Å². The van der Waals surface area contributed by atoms with Crippen molar-refractivity contribution in [3.05, 3.63) is 30.3 Å². The van der Waals surface area contributed by atoms with E-state index in [1.165, 1.54) is 20.0 Å². The molecule has 3 heterocycles. The molecule has 0 saturated carbocycles. The molecule has 3 aromatic rings. The van der Waals surface area contributed by atoms with Crippen LogP contribution >= 0.6 is 0 Å². The summed E-state index contributed by atoms with van der Waals surface area (Å²) >= 11 is 0. The van der Waals surface area contributed by atoms with Crippen LogP contribution in [-0.4, -0.2) is 85.5 Å². The molecule has 1 N–H and O–H groups in total. The standard InChI is InChI=1S/C31H39F3N4O4/c1-20(2)38-16-11-21(12-17-38)35-27-22-9-4-5-10-23(22)36-24-19-25(41-18-8-15-37-13-6-7-14-37)28(40-3)29(26(24)27)42-30(39)31(32,33)34/h4-5,9-10,19-21H,6-8,11-18H2,1-3H3,(H,35,36). The Morgan fingerprint density at radius 1 is 1.07 bits per heavy atom. The molecule has 2 aliphatic heterocycles. The molecule has 1 aromatic heterocycles. The first kappa shape index (κ1) is 30.2. The maximum Gasteiger partial charge on any atom is 0.491 e. The summed E-state index contributed by atoms with van der Waals surface area (Å²) in [6.45, 7) is 9.40. The fourth-order valence-corrected chi connectivity index (χ4v) is 5.92. The second kappa shape index (κ2) is 12.9. The first-order valence-corrected chi connectivity index (χ1v) is 14.7. The van der Waals surface area contributed by atoms with Crippen LogP contribution in [0.5, 0.6) is 17.2 Å². The smallest absolute Gasteiger partial charge is 0.490 e. The molecule has 11 heteroatoms. The second-order valence-corrected chi connectivity index (χ2v) is 11.3. The quantitative estimate of drug-likeness (QED) is 0.134. The van der Waals surface area contributed by atoms with Crippen LogP contribution in [0.25, 0.3) is 21.8 Å². The Hall–Kier alpha value is -3.31. The van der Waals surface area contributed by atoms with Gasteiger partial charge in [0.15, 0.2) is 11.5 Å². The van der Waals surface area contributed by atoms with Crippen LogP contribution in [0.3, 0.4) is 0 Å². The number of nitrogens with zero attached hydrogens (tertiary/aromatic N) is 3. The van der Waals surface area contributed by atoms with Gasteiger partial charge in [-0.2, -0.15) is 13.2 Å². The van der Waals surface area contributed by atoms with Crippen LogP contribution in [0, 0.1) is 0 Å². The monoisotopic (exact) mass is 588 g/mol. The number of carbonyl (C=O) groups excluding carboxylic acids is 1. The number of nitrogens with one attached hydrogen (secondary N) is 1. The molecule has 0 unspecified atom stereocenters. The van der Waals surface area contributed by atoms with Gasteiger partial charge in [-0.25, -0.2) is 9.78 Å². The van der Waals surface area contributed by atoms with Crippen LogP contribution in [-0.2, 0) is 4.79 Å². The van der Waals surface area contributed by atoms with Gasteiger partial charge in [-0.1, -0.05) is 18.2 Å². The lowest BCUT2D eigenvalue weighted by atomic mass is 10.0. The molecular formula is C31H39F3N4O4. The van der Waals surface area contributed by atoms with Crippen molar-refractivity contribution in [2.24, 2.45) is 0 Å². The number of benzene rings is 2. The number of halogens is 3. The normalized spacial score (nSPS) is 17.3. The number of fused-ring (bicyclic) bond motifs is 2. The van der Waals surface area contributed by atoms with Gasteiger partial charge in [0.1, 0.15) is 0 Å². The molecule has 0 bridgehead atoms. The summed E-state index contributed by atoms with van der Waals surface area (Å²) in [6.07, 6.45) is -0.412. The van der Waals surface area contributed by atoms with Crippen LogP contribution in [0.2, 0.25) is 0 Å². The largest absolute Gasteiger partial charge is 0.491 e. The number of pyridine rings is 1. The SMILES string of the molecule is COc1c(OCCCN2CCCC2)cc2nc3ccccc3c(NC3CCN(C(C)C)CC3)c2c1OC(=O)C(F)(F)F. The van der Waals surface area contributed by atoms with E-state index >= 15 is 0 Å². The second-order valence-electron chi connectivity index (χ2n) is 11.3. The Bertz CT molecular complexity index is 1400. The number of ether oxygens (including phenoxy) is 3. The Balaban J connectivity index is 1.57. The molecule has 0 atom stereocenters. The van der Waals surface area contributed by atoms with E-state index in [2.05, 4.69) is 29.0 Å². The zero-order valence-electron chi connectivity index (χ0n) is 24.4. The number of carbonyl (C=O) groups is 1. The molecule has 42 heavy (non-hydrogen) atoms. The van der Waals surface area contributed by atoms with Gasteiger partial charge < -0.3 is 29.3 Å². The van der Waals surface area contributed by atoms with Gasteiger partial charge in [-0.05, 0) is 65.1 Å². The fraction of sp³-hybridized carbons (Fsp3) is 0.548. The maximum absolute atomic E-state index is 13.5. The molecule has 2 saturated heterocycles. The predicted molar refractivity (Wildman–Crippen MR) is 157 cm³/mol. The highest BCUT2D eigenvalue weighted by atomic mass is 19.4. The van der Waals surface area contributed by atoms with Crippen molar-refractivity contribution in [2.75, 3.05) is 51.8 Å². The average molecular weight is 589 g/mol. The lowest BCUT2D eigenvalue weighted by Crippen LogP contribution is -2.42. The van der Waals surface area contributed by atoms with Crippen molar-refractivity contribution in [3.8, 4) is 17.2 Å². The summed E-state index contributed by atoms with van der Waals surface area (Å²) in [6, 6.07) is 9.57. The van der Waals surface area contributed by atoms with E-state index in [1.54, 1.807) is 6.07 Å². The van der Waals surface area contributed by atoms with Gasteiger partial charge in [0, 0.05) is 43.2 Å². The van der Waals surface area contributed by atoms with Gasteiger partial charge in [-0.3, -0.25) is 0 Å². The third kappa shape index (κ3) is 6.67. The van der Waals surface area contributed by atoms with Gasteiger partial charge in [0.2, 0.25) is 5.75 Å². The lowest BCUT2D eigenvalue weighted by molar-refractivity contribution is -0.189. The van der Waals surface area contributed by atoms with E-state index in [4.69, 9.17) is 19.2 Å². The van der Waals surface area contributed by atoms with E-state index < -0.39 is 12.1 Å². The number of anilines is 1. The summed E-state index contributed by atoms with van der Waals surface area (Å²) in [5.41, 5.74) is 1.56. The first-order valence-electron chi connectivity index (χ1n) is 14.7. The van der Waals surface area contributed by atoms with Gasteiger partial charge >= 0.3 is 12.1 Å². The average Bonchev–Trinajstić information content (AvgIpc) is 3.48. The molecule has 2 aromatic carbocycles. The number of hydrogen-bond donors (Lipinski definition) is 1. The van der Waals surface area contributed by atoms with Crippen molar-refractivity contribution in [1.82, 2.24) is 14.8 Å². The Morgan fingerprint density at radius 3 is 2.45 bits per heavy atom. The number of alkyl halides is 3. The third-order valence-electron chi connectivity index (χ3n) is 8.16. The number of para-hydroxylation sites is 1. The number of aromatic nitrogens is 1. The summed E-state index contributed by atoms with van der Waals surface area (Å²) in [5.74, 6) is -2.59. The Labute approximate surface area is 244 Å². The first-order chi connectivity index (χ1) is 20.2. The van der Waals surface area contributed by atoms with Crippen molar-refractivity contribution in [3.63, 3.8) is 0 Å². The molecule has 5 rings (SSSR count). The molecule has 8 nitrogen and oxygen atoms in total. The fourth-order valence-electron chi connectivity index (χ4n) is 5.92. The number of methoxy groups -OCH3 is 1. The molecule has 0 amide bonds. The Kier molecular flexibility index (Phi) is 9.27. The van der Waals surface area contributed by atoms with Gasteiger partial charge in [0.05, 0.1) is 35.8 Å². The minimum atomic E-state index is -5.20. The van der Waals surface area contributed by atoms with Crippen LogP contribution in [0.15, 0.2) is 30.3 Å². The summed E-state index contributed by atoms with van der Waals surface area (Å²) in [4.78, 5) is 21.7. The Morgan fingerprint density at radius 2 is 1.79 bits per heavy atom. The molecule has 0 radical (unpaired) electrons. The van der Waals surface area contributed by atoms with Crippen LogP contribution < -0.4 is 19.5 Å². The topological polar surface area (TPSA) is 76.2 Å². The highest BCUT2D eigenvalue weighted by Gasteiger charge is 2.43. The third-order valence-corrected chi connectivity index (χ3v) is 8.16. The van der Waals surface area contributed by atoms with Crippen LogP contribution in [0.4, 0.5) is 18.9 Å². The molecule has 2 fully saturated rings. The minimum absolute atomic E-state index is 0.0627. The molecular weight excluding hydrogens is 549 g/mol. The van der Waals surface area contributed by atoms with Crippen LogP contribution in [0.1, 0.15) is 46.0 Å². The number of hydrogen-bond acceptors (Lipinski definition) is 8. The summed E-state index contributed by atoms with van der Waals surface area (Å²) in [5, 5.41) is 4.55. The summed E-state index contributed by atoms with van der Waals surface area (Å²) < 4.78 is 57.3. The summed E-state index contributed by atoms with van der Waals surface area (Å²) in [7, 11) is 1.33. The number of likely N-dealkylation sites (tertiary alicyclic amines) is 2. The van der Waals surface area contributed by atoms with E-state index in [0.717, 1.165) is 52.0 Å². The van der Waals surface area contributed by atoms with Gasteiger partial charge in [-0.15, -0.1) is 0 Å². The van der Waals surface area contributed by atoms with Gasteiger partial charge in [0.25, 0.3) is 0 Å². The number of esters is 1. The number of piperidine rings is 1.